The van der Waals surface area contributed by atoms with Crippen LogP contribution in [0.3, 0.4) is 0 Å². The number of nitrogens with one attached hydrogen (secondary N) is 1. The lowest BCUT2D eigenvalue weighted by Crippen LogP contribution is -2.27. The molecule has 78 valence electrons. The number of Topliss-reactive ketones (excluding diaryl/α,β-unsaturated/α-hetero) is 1. The van der Waals surface area contributed by atoms with Crippen molar-refractivity contribution in [3.05, 3.63) is 0 Å². The molecule has 1 heterocycles. The van der Waals surface area contributed by atoms with E-state index in [2.05, 4.69) is 10.5 Å². The average molecular weight is 199 g/mol. The number of hydrogen-bond acceptors (Lipinski definition) is 4. The van der Waals surface area contributed by atoms with Crippen LogP contribution in [0.2, 0.25) is 0 Å². The number of hydrogen-bond donors (Lipinski definition) is 2. The maximum absolute atomic E-state index is 11.0. The molecule has 0 aromatic heterocycles. The van der Waals surface area contributed by atoms with Crippen molar-refractivity contribution in [2.45, 2.75) is 26.4 Å². The molecule has 6 nitrogen and oxygen atoms in total. The Morgan fingerprint density at radius 1 is 1.64 bits per heavy atom. The van der Waals surface area contributed by atoms with Crippen LogP contribution in [0.25, 0.3) is 0 Å². The normalized spacial score (nSPS) is 28.6. The Balaban J connectivity index is 2.60. The van der Waals surface area contributed by atoms with Crippen LogP contribution in [-0.4, -0.2) is 23.8 Å². The van der Waals surface area contributed by atoms with Crippen molar-refractivity contribution in [3.8, 4) is 0 Å². The van der Waals surface area contributed by atoms with E-state index in [0.29, 0.717) is 12.3 Å². The maximum atomic E-state index is 11.0. The Labute approximate surface area is 81.5 Å². The van der Waals surface area contributed by atoms with Crippen molar-refractivity contribution in [3.63, 3.8) is 0 Å². The summed E-state index contributed by atoms with van der Waals surface area (Å²) >= 11 is 0. The summed E-state index contributed by atoms with van der Waals surface area (Å²) in [7, 11) is 0. The number of primary amides is 1. The molecule has 1 saturated heterocycles. The van der Waals surface area contributed by atoms with E-state index in [0.717, 1.165) is 0 Å². The van der Waals surface area contributed by atoms with Gasteiger partial charge in [0.25, 0.3) is 0 Å². The fourth-order valence-electron chi connectivity index (χ4n) is 1.23. The quantitative estimate of drug-likeness (QED) is 0.612. The molecule has 2 unspecified atom stereocenters. The molecule has 0 aromatic carbocycles. The molecule has 14 heavy (non-hydrogen) atoms. The molecule has 1 rings (SSSR count). The topological polar surface area (TPSA) is 93.8 Å². The highest BCUT2D eigenvalue weighted by Crippen LogP contribution is 2.21. The zero-order valence-electron chi connectivity index (χ0n) is 8.11. The summed E-state index contributed by atoms with van der Waals surface area (Å²) in [5.74, 6) is 0.334. The van der Waals surface area contributed by atoms with E-state index in [9.17, 15) is 9.59 Å². The first-order valence-electron chi connectivity index (χ1n) is 4.31. The average Bonchev–Trinajstić information content (AvgIpc) is 2.43. The number of amides is 2. The summed E-state index contributed by atoms with van der Waals surface area (Å²) in [6.45, 7) is 3.33. The van der Waals surface area contributed by atoms with Gasteiger partial charge in [-0.25, -0.2) is 10.2 Å². The molecule has 2 atom stereocenters. The Hall–Kier alpha value is -1.59. The Kier molecular flexibility index (Phi) is 3.06. The van der Waals surface area contributed by atoms with Gasteiger partial charge in [-0.05, 0) is 6.92 Å². The fourth-order valence-corrected chi connectivity index (χ4v) is 1.23. The third-order valence-electron chi connectivity index (χ3n) is 1.98. The van der Waals surface area contributed by atoms with Crippen molar-refractivity contribution in [2.75, 3.05) is 0 Å². The van der Waals surface area contributed by atoms with Gasteiger partial charge in [-0.15, -0.1) is 5.10 Å². The molecule has 1 aliphatic heterocycles. The molecule has 0 bridgehead atoms. The molecule has 0 aliphatic carbocycles. The van der Waals surface area contributed by atoms with Gasteiger partial charge in [0.2, 0.25) is 5.90 Å². The number of rotatable bonds is 2. The molecular formula is C8H13N3O3. The van der Waals surface area contributed by atoms with E-state index in [-0.39, 0.29) is 11.7 Å². The number of nitrogens with two attached hydrogens (primary N) is 1. The predicted octanol–water partition coefficient (Wildman–Crippen LogP) is -0.0178. The minimum Gasteiger partial charge on any atom is -0.468 e. The summed E-state index contributed by atoms with van der Waals surface area (Å²) in [4.78, 5) is 21.3. The second-order valence-electron chi connectivity index (χ2n) is 3.28. The van der Waals surface area contributed by atoms with Gasteiger partial charge in [-0.3, -0.25) is 4.79 Å². The lowest BCUT2D eigenvalue weighted by molar-refractivity contribution is -0.123. The van der Waals surface area contributed by atoms with Crippen LogP contribution in [0.1, 0.15) is 20.3 Å². The minimum atomic E-state index is -0.750. The van der Waals surface area contributed by atoms with Crippen LogP contribution >= 0.6 is 0 Å². The number of hydrazone groups is 1. The monoisotopic (exact) mass is 199 g/mol. The SMILES string of the molecule is CC(=O)C1CC(C)/C(=N\NC(N)=O)O1. The van der Waals surface area contributed by atoms with Gasteiger partial charge in [0.15, 0.2) is 11.9 Å². The van der Waals surface area contributed by atoms with Crippen LogP contribution in [0.5, 0.6) is 0 Å². The fraction of sp³-hybridized carbons (Fsp3) is 0.625. The smallest absolute Gasteiger partial charge is 0.332 e. The van der Waals surface area contributed by atoms with Crippen molar-refractivity contribution < 1.29 is 14.3 Å². The summed E-state index contributed by atoms with van der Waals surface area (Å²) in [5.41, 5.74) is 6.90. The second-order valence-corrected chi connectivity index (χ2v) is 3.28. The van der Waals surface area contributed by atoms with Gasteiger partial charge in [-0.1, -0.05) is 6.92 Å². The van der Waals surface area contributed by atoms with Gasteiger partial charge in [0.05, 0.1) is 0 Å². The first kappa shape index (κ1) is 10.5. The lowest BCUT2D eigenvalue weighted by atomic mass is 10.1. The van der Waals surface area contributed by atoms with E-state index in [1.807, 2.05) is 6.92 Å². The molecular weight excluding hydrogens is 186 g/mol. The molecule has 0 radical (unpaired) electrons. The van der Waals surface area contributed by atoms with E-state index < -0.39 is 12.1 Å². The standard InChI is InChI=1S/C8H13N3O3/c1-4-3-6(5(2)12)14-7(4)10-11-8(9)13/h4,6H,3H2,1-2H3,(H3,9,11,13)/b10-7+. The van der Waals surface area contributed by atoms with Crippen molar-refractivity contribution >= 4 is 17.7 Å². The zero-order chi connectivity index (χ0) is 10.7. The molecule has 2 amide bonds. The van der Waals surface area contributed by atoms with Gasteiger partial charge in [-0.2, -0.15) is 0 Å². The summed E-state index contributed by atoms with van der Waals surface area (Å²) < 4.78 is 5.22. The lowest BCUT2D eigenvalue weighted by Gasteiger charge is -2.04. The van der Waals surface area contributed by atoms with Crippen molar-refractivity contribution in [1.29, 1.82) is 0 Å². The van der Waals surface area contributed by atoms with Gasteiger partial charge < -0.3 is 10.5 Å². The van der Waals surface area contributed by atoms with Crippen LogP contribution in [-0.2, 0) is 9.53 Å². The summed E-state index contributed by atoms with van der Waals surface area (Å²) in [5, 5.41) is 3.65. The number of ether oxygens (including phenoxy) is 1. The van der Waals surface area contributed by atoms with Gasteiger partial charge in [0, 0.05) is 12.3 Å². The van der Waals surface area contributed by atoms with Crippen LogP contribution in [0.15, 0.2) is 5.10 Å². The molecule has 1 aliphatic rings. The molecule has 0 spiro atoms. The van der Waals surface area contributed by atoms with Crippen LogP contribution < -0.4 is 11.2 Å². The number of carbonyl (C=O) groups excluding carboxylic acids is 2. The van der Waals surface area contributed by atoms with Crippen molar-refractivity contribution in [1.82, 2.24) is 5.43 Å². The first-order valence-corrected chi connectivity index (χ1v) is 4.31. The summed E-state index contributed by atoms with van der Waals surface area (Å²) in [6.07, 6.45) is 0.146. The van der Waals surface area contributed by atoms with E-state index in [4.69, 9.17) is 10.5 Å². The molecule has 6 heteroatoms. The predicted molar refractivity (Wildman–Crippen MR) is 49.5 cm³/mol. The van der Waals surface area contributed by atoms with Crippen molar-refractivity contribution in [2.24, 2.45) is 16.8 Å². The Bertz CT molecular complexity index is 288. The largest absolute Gasteiger partial charge is 0.468 e. The third-order valence-corrected chi connectivity index (χ3v) is 1.98. The van der Waals surface area contributed by atoms with Crippen LogP contribution in [0.4, 0.5) is 4.79 Å². The number of urea groups is 1. The molecule has 0 aromatic rings. The number of ketones is 1. The van der Waals surface area contributed by atoms with Gasteiger partial charge >= 0.3 is 6.03 Å². The zero-order valence-corrected chi connectivity index (χ0v) is 8.11. The third kappa shape index (κ3) is 2.45. The Morgan fingerprint density at radius 3 is 2.71 bits per heavy atom. The summed E-state index contributed by atoms with van der Waals surface area (Å²) in [6, 6.07) is -0.750. The van der Waals surface area contributed by atoms with E-state index in [1.165, 1.54) is 6.92 Å². The Morgan fingerprint density at radius 2 is 2.29 bits per heavy atom. The van der Waals surface area contributed by atoms with Crippen LogP contribution in [0, 0.1) is 5.92 Å². The number of carbonyl (C=O) groups is 2. The second kappa shape index (κ2) is 4.08. The maximum Gasteiger partial charge on any atom is 0.332 e. The molecule has 3 N–H and O–H groups in total. The first-order chi connectivity index (χ1) is 6.50. The number of nitrogens with zero attached hydrogens (tertiary/aromatic N) is 1. The molecule has 0 saturated carbocycles. The highest BCUT2D eigenvalue weighted by molar-refractivity contribution is 5.89. The van der Waals surface area contributed by atoms with Gasteiger partial charge in [0.1, 0.15) is 0 Å². The highest BCUT2D eigenvalue weighted by atomic mass is 16.5. The van der Waals surface area contributed by atoms with E-state index >= 15 is 0 Å². The van der Waals surface area contributed by atoms with E-state index in [1.54, 1.807) is 0 Å². The molecule has 1 fully saturated rings. The highest BCUT2D eigenvalue weighted by Gasteiger charge is 2.32. The minimum absolute atomic E-state index is 0.0238.